The second kappa shape index (κ2) is 4.81. The minimum Gasteiger partial charge on any atom is -0.387 e. The fraction of sp³-hybridized carbons (Fsp3) is 0.154. The predicted molar refractivity (Wildman–Crippen MR) is 76.8 cm³/mol. The number of para-hydroxylation sites is 1. The summed E-state index contributed by atoms with van der Waals surface area (Å²) in [4.78, 5) is 16.4. The Morgan fingerprint density at radius 2 is 2.21 bits per heavy atom. The summed E-state index contributed by atoms with van der Waals surface area (Å²) in [6.07, 6.45) is 1.63. The lowest BCUT2D eigenvalue weighted by Gasteiger charge is -2.03. The number of nitrogens with one attached hydrogen (secondary N) is 1. The van der Waals surface area contributed by atoms with Crippen molar-refractivity contribution < 1.29 is 0 Å². The predicted octanol–water partition coefficient (Wildman–Crippen LogP) is 1.94. The SMILES string of the molecule is CNc1cnn(Cc2nc3ccccc3s2)c(=O)c1. The summed E-state index contributed by atoms with van der Waals surface area (Å²) in [5, 5.41) is 7.90. The van der Waals surface area contributed by atoms with Gasteiger partial charge in [0.25, 0.3) is 5.56 Å². The second-order valence-corrected chi connectivity index (χ2v) is 5.18. The maximum Gasteiger partial charge on any atom is 0.269 e. The fourth-order valence-electron chi connectivity index (χ4n) is 1.80. The summed E-state index contributed by atoms with van der Waals surface area (Å²) >= 11 is 1.58. The zero-order valence-electron chi connectivity index (χ0n) is 10.3. The van der Waals surface area contributed by atoms with Crippen LogP contribution in [0.2, 0.25) is 0 Å². The summed E-state index contributed by atoms with van der Waals surface area (Å²) < 4.78 is 2.54. The molecule has 0 saturated heterocycles. The van der Waals surface area contributed by atoms with Crippen LogP contribution in [0.15, 0.2) is 41.3 Å². The van der Waals surface area contributed by atoms with E-state index in [1.54, 1.807) is 24.6 Å². The van der Waals surface area contributed by atoms with E-state index in [4.69, 9.17) is 0 Å². The molecule has 6 heteroatoms. The van der Waals surface area contributed by atoms with Gasteiger partial charge in [0, 0.05) is 13.1 Å². The summed E-state index contributed by atoms with van der Waals surface area (Å²) in [6, 6.07) is 9.46. The Morgan fingerprint density at radius 3 is 2.95 bits per heavy atom. The van der Waals surface area contributed by atoms with E-state index in [0.717, 1.165) is 15.2 Å². The molecule has 19 heavy (non-hydrogen) atoms. The number of hydrogen-bond acceptors (Lipinski definition) is 5. The van der Waals surface area contributed by atoms with Crippen molar-refractivity contribution in [2.24, 2.45) is 0 Å². The van der Waals surface area contributed by atoms with Crippen LogP contribution in [0.1, 0.15) is 5.01 Å². The first kappa shape index (κ1) is 11.9. The lowest BCUT2D eigenvalue weighted by Crippen LogP contribution is -2.22. The highest BCUT2D eigenvalue weighted by molar-refractivity contribution is 7.18. The van der Waals surface area contributed by atoms with Crippen LogP contribution in [0.5, 0.6) is 0 Å². The van der Waals surface area contributed by atoms with Crippen molar-refractivity contribution in [3.63, 3.8) is 0 Å². The van der Waals surface area contributed by atoms with Gasteiger partial charge in [0.05, 0.1) is 28.6 Å². The number of nitrogens with zero attached hydrogens (tertiary/aromatic N) is 3. The normalized spacial score (nSPS) is 10.8. The molecule has 1 N–H and O–H groups in total. The average Bonchev–Trinajstić information content (AvgIpc) is 2.83. The van der Waals surface area contributed by atoms with E-state index < -0.39 is 0 Å². The van der Waals surface area contributed by atoms with Gasteiger partial charge in [-0.1, -0.05) is 12.1 Å². The van der Waals surface area contributed by atoms with Crippen LogP contribution in [0, 0.1) is 0 Å². The Balaban J connectivity index is 1.94. The minimum absolute atomic E-state index is 0.133. The molecule has 0 fully saturated rings. The van der Waals surface area contributed by atoms with E-state index in [0.29, 0.717) is 12.2 Å². The number of aromatic nitrogens is 3. The van der Waals surface area contributed by atoms with Crippen molar-refractivity contribution in [3.05, 3.63) is 51.9 Å². The molecule has 0 atom stereocenters. The van der Waals surface area contributed by atoms with E-state index in [-0.39, 0.29) is 5.56 Å². The van der Waals surface area contributed by atoms with Gasteiger partial charge in [-0.25, -0.2) is 9.67 Å². The van der Waals surface area contributed by atoms with Gasteiger partial charge in [-0.2, -0.15) is 5.10 Å². The van der Waals surface area contributed by atoms with Crippen molar-refractivity contribution in [2.75, 3.05) is 12.4 Å². The summed E-state index contributed by atoms with van der Waals surface area (Å²) in [5.41, 5.74) is 1.54. The Labute approximate surface area is 113 Å². The number of anilines is 1. The third-order valence-electron chi connectivity index (χ3n) is 2.78. The molecule has 0 aliphatic heterocycles. The summed E-state index contributed by atoms with van der Waals surface area (Å²) in [7, 11) is 1.76. The number of hydrogen-bond donors (Lipinski definition) is 1. The monoisotopic (exact) mass is 272 g/mol. The van der Waals surface area contributed by atoms with Crippen LogP contribution >= 0.6 is 11.3 Å². The van der Waals surface area contributed by atoms with Crippen molar-refractivity contribution in [1.29, 1.82) is 0 Å². The lowest BCUT2D eigenvalue weighted by molar-refractivity contribution is 0.638. The fourth-order valence-corrected chi connectivity index (χ4v) is 2.75. The zero-order valence-corrected chi connectivity index (χ0v) is 11.1. The number of rotatable bonds is 3. The van der Waals surface area contributed by atoms with Crippen molar-refractivity contribution in [2.45, 2.75) is 6.54 Å². The summed E-state index contributed by atoms with van der Waals surface area (Å²) in [6.45, 7) is 0.405. The van der Waals surface area contributed by atoms with Crippen molar-refractivity contribution >= 4 is 27.2 Å². The molecule has 5 nitrogen and oxygen atoms in total. The molecule has 0 saturated carbocycles. The van der Waals surface area contributed by atoms with Crippen LogP contribution in [0.4, 0.5) is 5.69 Å². The summed E-state index contributed by atoms with van der Waals surface area (Å²) in [5.74, 6) is 0. The minimum atomic E-state index is -0.133. The topological polar surface area (TPSA) is 59.8 Å². The molecule has 3 aromatic rings. The molecule has 0 aliphatic rings. The van der Waals surface area contributed by atoms with Crippen LogP contribution in [0.25, 0.3) is 10.2 Å². The molecule has 0 aliphatic carbocycles. The largest absolute Gasteiger partial charge is 0.387 e. The highest BCUT2D eigenvalue weighted by Crippen LogP contribution is 2.21. The number of fused-ring (bicyclic) bond motifs is 1. The van der Waals surface area contributed by atoms with E-state index in [9.17, 15) is 4.79 Å². The Bertz CT molecular complexity index is 744. The van der Waals surface area contributed by atoms with Crippen molar-refractivity contribution in [1.82, 2.24) is 14.8 Å². The van der Waals surface area contributed by atoms with Gasteiger partial charge < -0.3 is 5.32 Å². The molecule has 0 amide bonds. The molecule has 2 heterocycles. The molecular formula is C13H12N4OS. The van der Waals surface area contributed by atoms with Crippen LogP contribution in [-0.4, -0.2) is 21.8 Å². The van der Waals surface area contributed by atoms with E-state index in [1.165, 1.54) is 10.7 Å². The van der Waals surface area contributed by atoms with Gasteiger partial charge in [0.2, 0.25) is 0 Å². The third-order valence-corrected chi connectivity index (χ3v) is 3.80. The van der Waals surface area contributed by atoms with Gasteiger partial charge in [-0.05, 0) is 12.1 Å². The first-order valence-electron chi connectivity index (χ1n) is 5.85. The van der Waals surface area contributed by atoms with Crippen LogP contribution < -0.4 is 10.9 Å². The van der Waals surface area contributed by atoms with E-state index in [2.05, 4.69) is 15.4 Å². The molecule has 3 rings (SSSR count). The van der Waals surface area contributed by atoms with Gasteiger partial charge in [-0.3, -0.25) is 4.79 Å². The smallest absolute Gasteiger partial charge is 0.269 e. The second-order valence-electron chi connectivity index (χ2n) is 4.07. The van der Waals surface area contributed by atoms with E-state index in [1.807, 2.05) is 24.3 Å². The quantitative estimate of drug-likeness (QED) is 0.791. The van der Waals surface area contributed by atoms with Gasteiger partial charge in [0.15, 0.2) is 0 Å². The van der Waals surface area contributed by atoms with Gasteiger partial charge >= 0.3 is 0 Å². The average molecular weight is 272 g/mol. The Hall–Kier alpha value is -2.21. The standard InChI is InChI=1S/C13H12N4OS/c1-14-9-6-13(18)17(15-7-9)8-12-16-10-4-2-3-5-11(10)19-12/h2-7,14H,8H2,1H3. The molecule has 96 valence electrons. The molecule has 2 aromatic heterocycles. The molecule has 1 aromatic carbocycles. The van der Waals surface area contributed by atoms with Crippen LogP contribution in [0.3, 0.4) is 0 Å². The van der Waals surface area contributed by atoms with Gasteiger partial charge in [-0.15, -0.1) is 11.3 Å². The lowest BCUT2D eigenvalue weighted by atomic mass is 10.3. The zero-order chi connectivity index (χ0) is 13.2. The van der Waals surface area contributed by atoms with E-state index >= 15 is 0 Å². The molecule has 0 spiro atoms. The van der Waals surface area contributed by atoms with Crippen molar-refractivity contribution in [3.8, 4) is 0 Å². The van der Waals surface area contributed by atoms with Gasteiger partial charge in [0.1, 0.15) is 5.01 Å². The number of benzene rings is 1. The first-order valence-corrected chi connectivity index (χ1v) is 6.67. The highest BCUT2D eigenvalue weighted by Gasteiger charge is 2.06. The highest BCUT2D eigenvalue weighted by atomic mass is 32.1. The van der Waals surface area contributed by atoms with Crippen LogP contribution in [-0.2, 0) is 6.54 Å². The molecule has 0 bridgehead atoms. The molecule has 0 radical (unpaired) electrons. The Morgan fingerprint density at radius 1 is 1.37 bits per heavy atom. The maximum absolute atomic E-state index is 11.9. The molecular weight excluding hydrogens is 260 g/mol. The molecule has 0 unspecified atom stereocenters. The Kier molecular flexibility index (Phi) is 3.00. The maximum atomic E-state index is 11.9. The third kappa shape index (κ3) is 2.34. The first-order chi connectivity index (χ1) is 9.26. The number of thiazole rings is 1.